The number of benzene rings is 2. The Morgan fingerprint density at radius 2 is 1.37 bits per heavy atom. The number of nitrogens with one attached hydrogen (secondary N) is 1. The van der Waals surface area contributed by atoms with Crippen LogP contribution in [0.4, 0.5) is 8.78 Å². The first-order valence-corrected chi connectivity index (χ1v) is 6.15. The van der Waals surface area contributed by atoms with E-state index in [1.165, 1.54) is 6.07 Å². The van der Waals surface area contributed by atoms with Gasteiger partial charge < -0.3 is 0 Å². The average Bonchev–Trinajstić information content (AvgIpc) is 2.36. The Hall–Kier alpha value is -1.20. The monoisotopic (exact) mass is 302 g/mol. The van der Waals surface area contributed by atoms with Crippen LogP contribution in [0.3, 0.4) is 0 Å². The predicted molar refractivity (Wildman–Crippen MR) is 72.0 cm³/mol. The number of nitrogens with two attached hydrogens (primary N) is 1. The second-order valence-corrected chi connectivity index (χ2v) is 4.68. The molecule has 0 fully saturated rings. The largest absolute Gasteiger partial charge is 0.271 e. The smallest absolute Gasteiger partial charge is 0.131 e. The maximum absolute atomic E-state index is 13.8. The lowest BCUT2D eigenvalue weighted by atomic mass is 9.98. The second kappa shape index (κ2) is 5.84. The Bertz CT molecular complexity index is 513. The van der Waals surface area contributed by atoms with Crippen LogP contribution >= 0.6 is 23.2 Å². The van der Waals surface area contributed by atoms with Crippen molar-refractivity contribution in [1.82, 2.24) is 5.43 Å². The van der Waals surface area contributed by atoms with Gasteiger partial charge in [-0.15, -0.1) is 0 Å². The fourth-order valence-electron chi connectivity index (χ4n) is 1.88. The Morgan fingerprint density at radius 1 is 0.895 bits per heavy atom. The van der Waals surface area contributed by atoms with Crippen molar-refractivity contribution in [2.45, 2.75) is 6.04 Å². The Kier molecular flexibility index (Phi) is 4.37. The number of hydrogen-bond acceptors (Lipinski definition) is 2. The number of hydrazine groups is 1. The molecule has 0 spiro atoms. The molecule has 3 N–H and O–H groups in total. The minimum Gasteiger partial charge on any atom is -0.271 e. The van der Waals surface area contributed by atoms with Crippen LogP contribution in [0.15, 0.2) is 36.4 Å². The Labute approximate surface area is 119 Å². The van der Waals surface area contributed by atoms with Gasteiger partial charge in [-0.3, -0.25) is 5.84 Å². The first-order valence-electron chi connectivity index (χ1n) is 5.40. The van der Waals surface area contributed by atoms with Crippen LogP contribution in [0.2, 0.25) is 10.0 Å². The van der Waals surface area contributed by atoms with Gasteiger partial charge in [0.25, 0.3) is 0 Å². The summed E-state index contributed by atoms with van der Waals surface area (Å²) in [7, 11) is 0. The molecule has 2 nitrogen and oxygen atoms in total. The van der Waals surface area contributed by atoms with Gasteiger partial charge in [-0.1, -0.05) is 35.3 Å². The van der Waals surface area contributed by atoms with Crippen molar-refractivity contribution in [3.05, 3.63) is 69.2 Å². The predicted octanol–water partition coefficient (Wildman–Crippen LogP) is 3.82. The van der Waals surface area contributed by atoms with Crippen molar-refractivity contribution in [2.24, 2.45) is 5.84 Å². The number of halogens is 4. The summed E-state index contributed by atoms with van der Waals surface area (Å²) in [6, 6.07) is 7.39. The molecule has 1 atom stereocenters. The molecule has 100 valence electrons. The third-order valence-corrected chi connectivity index (χ3v) is 3.40. The topological polar surface area (TPSA) is 38.0 Å². The third kappa shape index (κ3) is 2.72. The van der Waals surface area contributed by atoms with Crippen LogP contribution in [0.25, 0.3) is 0 Å². The SMILES string of the molecule is NNC(c1c(F)cccc1F)c1c(Cl)cccc1Cl. The molecule has 2 aromatic rings. The normalized spacial score (nSPS) is 12.5. The average molecular weight is 303 g/mol. The number of hydrogen-bond donors (Lipinski definition) is 2. The quantitative estimate of drug-likeness (QED) is 0.668. The van der Waals surface area contributed by atoms with E-state index in [1.54, 1.807) is 18.2 Å². The van der Waals surface area contributed by atoms with E-state index in [0.717, 1.165) is 12.1 Å². The summed E-state index contributed by atoms with van der Waals surface area (Å²) in [6.07, 6.45) is 0. The molecule has 0 aliphatic carbocycles. The van der Waals surface area contributed by atoms with Gasteiger partial charge in [-0.25, -0.2) is 14.2 Å². The molecule has 1 unspecified atom stereocenters. The molecule has 2 aromatic carbocycles. The molecular weight excluding hydrogens is 293 g/mol. The van der Waals surface area contributed by atoms with Gasteiger partial charge in [0.1, 0.15) is 11.6 Å². The molecule has 0 aromatic heterocycles. The molecule has 0 aliphatic rings. The fraction of sp³-hybridized carbons (Fsp3) is 0.0769. The highest BCUT2D eigenvalue weighted by Gasteiger charge is 2.24. The van der Waals surface area contributed by atoms with Gasteiger partial charge in [0, 0.05) is 21.2 Å². The molecule has 0 amide bonds. The zero-order chi connectivity index (χ0) is 14.0. The first-order chi connectivity index (χ1) is 9.06. The van der Waals surface area contributed by atoms with Gasteiger partial charge in [0.2, 0.25) is 0 Å². The first kappa shape index (κ1) is 14.2. The maximum atomic E-state index is 13.8. The molecule has 0 radical (unpaired) electrons. The van der Waals surface area contributed by atoms with Crippen LogP contribution in [0.5, 0.6) is 0 Å². The lowest BCUT2D eigenvalue weighted by molar-refractivity contribution is 0.511. The fourth-order valence-corrected chi connectivity index (χ4v) is 2.50. The van der Waals surface area contributed by atoms with Crippen molar-refractivity contribution in [2.75, 3.05) is 0 Å². The van der Waals surface area contributed by atoms with E-state index >= 15 is 0 Å². The van der Waals surface area contributed by atoms with Crippen molar-refractivity contribution >= 4 is 23.2 Å². The van der Waals surface area contributed by atoms with E-state index in [0.29, 0.717) is 5.56 Å². The summed E-state index contributed by atoms with van der Waals surface area (Å²) in [6.45, 7) is 0. The maximum Gasteiger partial charge on any atom is 0.131 e. The lowest BCUT2D eigenvalue weighted by Crippen LogP contribution is -2.30. The minimum atomic E-state index is -0.970. The molecule has 0 saturated heterocycles. The summed E-state index contributed by atoms with van der Waals surface area (Å²) in [5.41, 5.74) is 2.46. The molecular formula is C13H10Cl2F2N2. The molecule has 6 heteroatoms. The Morgan fingerprint density at radius 3 is 1.84 bits per heavy atom. The van der Waals surface area contributed by atoms with Gasteiger partial charge in [-0.2, -0.15) is 0 Å². The lowest BCUT2D eigenvalue weighted by Gasteiger charge is -2.20. The van der Waals surface area contributed by atoms with Crippen LogP contribution < -0.4 is 11.3 Å². The summed E-state index contributed by atoms with van der Waals surface area (Å²) in [5, 5.41) is 0.552. The molecule has 2 rings (SSSR count). The molecule has 0 bridgehead atoms. The van der Waals surface area contributed by atoms with Crippen molar-refractivity contribution in [3.63, 3.8) is 0 Å². The van der Waals surface area contributed by atoms with Gasteiger partial charge in [0.15, 0.2) is 0 Å². The third-order valence-electron chi connectivity index (χ3n) is 2.74. The van der Waals surface area contributed by atoms with E-state index in [-0.39, 0.29) is 15.6 Å². The van der Waals surface area contributed by atoms with E-state index < -0.39 is 17.7 Å². The zero-order valence-electron chi connectivity index (χ0n) is 9.63. The second-order valence-electron chi connectivity index (χ2n) is 3.87. The molecule has 19 heavy (non-hydrogen) atoms. The summed E-state index contributed by atoms with van der Waals surface area (Å²) >= 11 is 12.1. The molecule has 0 saturated carbocycles. The highest BCUT2D eigenvalue weighted by atomic mass is 35.5. The van der Waals surface area contributed by atoms with E-state index in [9.17, 15) is 8.78 Å². The van der Waals surface area contributed by atoms with E-state index in [2.05, 4.69) is 5.43 Å². The highest BCUT2D eigenvalue weighted by molar-refractivity contribution is 6.36. The van der Waals surface area contributed by atoms with Gasteiger partial charge >= 0.3 is 0 Å². The van der Waals surface area contributed by atoms with Crippen LogP contribution in [-0.2, 0) is 0 Å². The number of rotatable bonds is 3. The summed E-state index contributed by atoms with van der Waals surface area (Å²) in [4.78, 5) is 0. The Balaban J connectivity index is 2.64. The van der Waals surface area contributed by atoms with Gasteiger partial charge in [-0.05, 0) is 24.3 Å². The van der Waals surface area contributed by atoms with Crippen LogP contribution in [0.1, 0.15) is 17.2 Å². The zero-order valence-corrected chi connectivity index (χ0v) is 11.1. The molecule has 0 aliphatic heterocycles. The van der Waals surface area contributed by atoms with E-state index in [1.807, 2.05) is 0 Å². The van der Waals surface area contributed by atoms with Crippen LogP contribution in [-0.4, -0.2) is 0 Å². The van der Waals surface area contributed by atoms with Crippen molar-refractivity contribution in [3.8, 4) is 0 Å². The van der Waals surface area contributed by atoms with Crippen molar-refractivity contribution < 1.29 is 8.78 Å². The van der Waals surface area contributed by atoms with Gasteiger partial charge in [0.05, 0.1) is 6.04 Å². The van der Waals surface area contributed by atoms with Crippen molar-refractivity contribution in [1.29, 1.82) is 0 Å². The van der Waals surface area contributed by atoms with E-state index in [4.69, 9.17) is 29.0 Å². The highest BCUT2D eigenvalue weighted by Crippen LogP contribution is 2.35. The standard InChI is InChI=1S/C13H10Cl2F2N2/c14-7-3-1-4-8(15)11(7)13(19-18)12-9(16)5-2-6-10(12)17/h1-6,13,19H,18H2. The van der Waals surface area contributed by atoms with Crippen LogP contribution in [0, 0.1) is 11.6 Å². The minimum absolute atomic E-state index is 0.222. The summed E-state index contributed by atoms with van der Waals surface area (Å²) in [5.74, 6) is 3.97. The summed E-state index contributed by atoms with van der Waals surface area (Å²) < 4.78 is 27.6. The molecule has 0 heterocycles.